The van der Waals surface area contributed by atoms with Crippen LogP contribution in [0.3, 0.4) is 0 Å². The molecule has 0 bridgehead atoms. The topological polar surface area (TPSA) is 101 Å². The number of non-ortho nitro benzene ring substituents is 1. The van der Waals surface area contributed by atoms with Gasteiger partial charge in [0, 0.05) is 18.7 Å². The summed E-state index contributed by atoms with van der Waals surface area (Å²) in [5, 5.41) is 21.4. The molecular weight excluding hydrogens is 348 g/mol. The first-order valence-electron chi connectivity index (χ1n) is 9.31. The maximum Gasteiger partial charge on any atom is 0.290 e. The zero-order valence-corrected chi connectivity index (χ0v) is 16.0. The van der Waals surface area contributed by atoms with Crippen molar-refractivity contribution >= 4 is 17.4 Å². The van der Waals surface area contributed by atoms with E-state index in [-0.39, 0.29) is 17.2 Å². The zero-order chi connectivity index (χ0) is 20.1. The van der Waals surface area contributed by atoms with Crippen molar-refractivity contribution in [3.8, 4) is 0 Å². The van der Waals surface area contributed by atoms with Gasteiger partial charge in [-0.2, -0.15) is 0 Å². The Kier molecular flexibility index (Phi) is 6.71. The zero-order valence-electron chi connectivity index (χ0n) is 16.0. The number of hydrogen-bond donors (Lipinski definition) is 1. The number of hydrogen-bond acceptors (Lipinski definition) is 5. The highest BCUT2D eigenvalue weighted by Crippen LogP contribution is 2.39. The van der Waals surface area contributed by atoms with E-state index in [0.29, 0.717) is 12.1 Å². The van der Waals surface area contributed by atoms with Crippen LogP contribution in [0, 0.1) is 16.0 Å². The van der Waals surface area contributed by atoms with E-state index in [0.717, 1.165) is 25.7 Å². The number of aliphatic hydroxyl groups is 1. The molecule has 1 heterocycles. The van der Waals surface area contributed by atoms with Crippen LogP contribution in [0.15, 0.2) is 35.6 Å². The van der Waals surface area contributed by atoms with E-state index < -0.39 is 28.4 Å². The number of aliphatic hydroxyl groups excluding tert-OH is 1. The average Bonchev–Trinajstić information content (AvgIpc) is 2.89. The monoisotopic (exact) mass is 374 g/mol. The number of ketones is 1. The molecule has 1 aromatic carbocycles. The van der Waals surface area contributed by atoms with E-state index in [1.807, 2.05) is 6.92 Å². The summed E-state index contributed by atoms with van der Waals surface area (Å²) < 4.78 is 0. The van der Waals surface area contributed by atoms with Crippen LogP contribution < -0.4 is 0 Å². The Morgan fingerprint density at radius 2 is 2.07 bits per heavy atom. The fourth-order valence-electron chi connectivity index (χ4n) is 3.55. The molecule has 0 saturated heterocycles. The number of unbranched alkanes of at least 4 members (excludes halogenated alkanes) is 1. The number of rotatable bonds is 9. The van der Waals surface area contributed by atoms with Crippen LogP contribution in [-0.2, 0) is 9.59 Å². The standard InChI is InChI=1S/C20H26N2O5/c1-4-6-8-14(5-2)12-21-18(17(13(3)23)19(24)20(21)25)15-9-7-10-16(11-15)22(26)27/h7,9-11,14,18,24H,4-6,8,12H2,1-3H3/t14-,18-/m1/s1. The van der Waals surface area contributed by atoms with E-state index >= 15 is 0 Å². The van der Waals surface area contributed by atoms with Gasteiger partial charge in [0.25, 0.3) is 11.6 Å². The summed E-state index contributed by atoms with van der Waals surface area (Å²) in [7, 11) is 0. The summed E-state index contributed by atoms with van der Waals surface area (Å²) in [5.41, 5.74) is 0.343. The molecule has 1 N–H and O–H groups in total. The molecule has 2 atom stereocenters. The third kappa shape index (κ3) is 4.35. The lowest BCUT2D eigenvalue weighted by Crippen LogP contribution is -2.35. The smallest absolute Gasteiger partial charge is 0.290 e. The van der Waals surface area contributed by atoms with Crippen molar-refractivity contribution in [1.29, 1.82) is 0 Å². The van der Waals surface area contributed by atoms with Gasteiger partial charge in [-0.3, -0.25) is 19.7 Å². The molecule has 2 rings (SSSR count). The molecule has 0 unspecified atom stereocenters. The van der Waals surface area contributed by atoms with Crippen molar-refractivity contribution in [2.75, 3.05) is 6.54 Å². The van der Waals surface area contributed by atoms with Gasteiger partial charge in [0.15, 0.2) is 11.5 Å². The minimum Gasteiger partial charge on any atom is -0.503 e. The summed E-state index contributed by atoms with van der Waals surface area (Å²) in [6, 6.07) is 5.09. The van der Waals surface area contributed by atoms with Gasteiger partial charge in [0.2, 0.25) is 0 Å². The lowest BCUT2D eigenvalue weighted by molar-refractivity contribution is -0.384. The minimum absolute atomic E-state index is 0.00541. The van der Waals surface area contributed by atoms with E-state index in [2.05, 4.69) is 6.92 Å². The lowest BCUT2D eigenvalue weighted by Gasteiger charge is -2.30. The second-order valence-corrected chi connectivity index (χ2v) is 6.95. The third-order valence-electron chi connectivity index (χ3n) is 5.08. The van der Waals surface area contributed by atoms with Crippen LogP contribution in [0.5, 0.6) is 0 Å². The van der Waals surface area contributed by atoms with Gasteiger partial charge in [0.1, 0.15) is 0 Å². The average molecular weight is 374 g/mol. The Morgan fingerprint density at radius 1 is 1.37 bits per heavy atom. The summed E-state index contributed by atoms with van der Waals surface area (Å²) in [4.78, 5) is 36.9. The molecule has 146 valence electrons. The Hall–Kier alpha value is -2.70. The predicted octanol–water partition coefficient (Wildman–Crippen LogP) is 4.10. The van der Waals surface area contributed by atoms with Gasteiger partial charge in [-0.15, -0.1) is 0 Å². The molecule has 0 aliphatic carbocycles. The molecule has 0 radical (unpaired) electrons. The molecule has 1 aliphatic heterocycles. The molecule has 7 nitrogen and oxygen atoms in total. The lowest BCUT2D eigenvalue weighted by atomic mass is 9.94. The fraction of sp³-hybridized carbons (Fsp3) is 0.500. The summed E-state index contributed by atoms with van der Waals surface area (Å²) in [6.07, 6.45) is 3.87. The van der Waals surface area contributed by atoms with Crippen molar-refractivity contribution in [3.63, 3.8) is 0 Å². The molecule has 0 aromatic heterocycles. The number of nitro benzene ring substituents is 1. The van der Waals surface area contributed by atoms with Gasteiger partial charge < -0.3 is 10.0 Å². The molecule has 1 aromatic rings. The first-order valence-corrected chi connectivity index (χ1v) is 9.31. The number of amides is 1. The van der Waals surface area contributed by atoms with Gasteiger partial charge in [-0.05, 0) is 24.8 Å². The summed E-state index contributed by atoms with van der Waals surface area (Å²) in [5.74, 6) is -1.33. The Balaban J connectivity index is 2.45. The maximum atomic E-state index is 12.7. The second kappa shape index (κ2) is 8.79. The van der Waals surface area contributed by atoms with Crippen molar-refractivity contribution in [2.45, 2.75) is 52.5 Å². The van der Waals surface area contributed by atoms with Crippen LogP contribution in [0.25, 0.3) is 0 Å². The number of benzene rings is 1. The molecule has 0 fully saturated rings. The molecule has 7 heteroatoms. The fourth-order valence-corrected chi connectivity index (χ4v) is 3.55. The van der Waals surface area contributed by atoms with Crippen molar-refractivity contribution in [2.24, 2.45) is 5.92 Å². The van der Waals surface area contributed by atoms with Gasteiger partial charge in [0.05, 0.1) is 16.5 Å². The van der Waals surface area contributed by atoms with E-state index in [1.54, 1.807) is 6.07 Å². The largest absolute Gasteiger partial charge is 0.503 e. The van der Waals surface area contributed by atoms with Crippen LogP contribution in [0.1, 0.15) is 58.1 Å². The molecule has 1 aliphatic rings. The summed E-state index contributed by atoms with van der Waals surface area (Å²) >= 11 is 0. The van der Waals surface area contributed by atoms with Crippen molar-refractivity contribution in [1.82, 2.24) is 4.90 Å². The van der Waals surface area contributed by atoms with Gasteiger partial charge >= 0.3 is 0 Å². The normalized spacial score (nSPS) is 18.1. The molecule has 1 amide bonds. The third-order valence-corrected chi connectivity index (χ3v) is 5.08. The number of Topliss-reactive ketones (excluding diaryl/α,β-unsaturated/α-hetero) is 1. The highest BCUT2D eigenvalue weighted by Gasteiger charge is 2.43. The highest BCUT2D eigenvalue weighted by atomic mass is 16.6. The van der Waals surface area contributed by atoms with Crippen LogP contribution in [0.2, 0.25) is 0 Å². The van der Waals surface area contributed by atoms with Crippen LogP contribution >= 0.6 is 0 Å². The van der Waals surface area contributed by atoms with Crippen molar-refractivity contribution in [3.05, 3.63) is 51.3 Å². The molecule has 27 heavy (non-hydrogen) atoms. The van der Waals surface area contributed by atoms with E-state index in [9.17, 15) is 24.8 Å². The highest BCUT2D eigenvalue weighted by molar-refractivity contribution is 6.08. The molecular formula is C20H26N2O5. The number of carbonyl (C=O) groups excluding carboxylic acids is 2. The second-order valence-electron chi connectivity index (χ2n) is 6.95. The van der Waals surface area contributed by atoms with Gasteiger partial charge in [-0.25, -0.2) is 0 Å². The number of nitro groups is 1. The van der Waals surface area contributed by atoms with E-state index in [4.69, 9.17) is 0 Å². The summed E-state index contributed by atoms with van der Waals surface area (Å²) in [6.45, 7) is 5.83. The first kappa shape index (κ1) is 20.6. The van der Waals surface area contributed by atoms with E-state index in [1.165, 1.54) is 30.0 Å². The quantitative estimate of drug-likeness (QED) is 0.518. The maximum absolute atomic E-state index is 12.7. The van der Waals surface area contributed by atoms with Crippen molar-refractivity contribution < 1.29 is 19.6 Å². The number of carbonyl (C=O) groups is 2. The first-order chi connectivity index (χ1) is 12.8. The molecule has 0 spiro atoms. The minimum atomic E-state index is -0.800. The van der Waals surface area contributed by atoms with Gasteiger partial charge in [-0.1, -0.05) is 45.2 Å². The number of nitrogens with zero attached hydrogens (tertiary/aromatic N) is 2. The SMILES string of the molecule is CCCC[C@@H](CC)CN1C(=O)C(O)=C(C(C)=O)[C@H]1c1cccc([N+](=O)[O-])c1. The van der Waals surface area contributed by atoms with Crippen LogP contribution in [0.4, 0.5) is 5.69 Å². The Bertz CT molecular complexity index is 771. The molecule has 0 saturated carbocycles. The Labute approximate surface area is 158 Å². The predicted molar refractivity (Wildman–Crippen MR) is 101 cm³/mol. The van der Waals surface area contributed by atoms with Crippen LogP contribution in [-0.4, -0.2) is 33.2 Å². The Morgan fingerprint density at radius 3 is 2.63 bits per heavy atom.